The molecule has 6 heteroatoms. The molecule has 0 radical (unpaired) electrons. The van der Waals surface area contributed by atoms with Gasteiger partial charge in [0.1, 0.15) is 0 Å². The van der Waals surface area contributed by atoms with E-state index in [1.165, 1.54) is 25.1 Å². The van der Waals surface area contributed by atoms with Gasteiger partial charge in [-0.1, -0.05) is 5.21 Å². The fourth-order valence-electron chi connectivity index (χ4n) is 2.82. The van der Waals surface area contributed by atoms with Crippen LogP contribution in [0.5, 0.6) is 0 Å². The van der Waals surface area contributed by atoms with Gasteiger partial charge in [-0.15, -0.1) is 5.10 Å². The Hall–Kier alpha value is -0.980. The molecular formula is C14H25N5O. The zero-order chi connectivity index (χ0) is 13.9. The van der Waals surface area contributed by atoms with Crippen LogP contribution >= 0.6 is 0 Å². The third kappa shape index (κ3) is 3.77. The molecule has 1 unspecified atom stereocenters. The summed E-state index contributed by atoms with van der Waals surface area (Å²) in [4.78, 5) is 4.87. The highest BCUT2D eigenvalue weighted by atomic mass is 16.5. The summed E-state index contributed by atoms with van der Waals surface area (Å²) in [6.07, 6.45) is 4.96. The van der Waals surface area contributed by atoms with Crippen molar-refractivity contribution in [2.24, 2.45) is 13.0 Å². The number of morpholine rings is 1. The molecule has 20 heavy (non-hydrogen) atoms. The van der Waals surface area contributed by atoms with E-state index in [0.717, 1.165) is 38.7 Å². The van der Waals surface area contributed by atoms with E-state index < -0.39 is 0 Å². The minimum atomic E-state index is 0.327. The van der Waals surface area contributed by atoms with Crippen molar-refractivity contribution in [2.45, 2.75) is 25.5 Å². The zero-order valence-electron chi connectivity index (χ0n) is 12.5. The number of ether oxygens (including phenoxy) is 1. The second-order valence-corrected chi connectivity index (χ2v) is 6.24. The molecule has 0 aromatic carbocycles. The van der Waals surface area contributed by atoms with Crippen molar-refractivity contribution in [2.75, 3.05) is 39.8 Å². The minimum Gasteiger partial charge on any atom is -0.374 e. The van der Waals surface area contributed by atoms with Crippen molar-refractivity contribution in [1.29, 1.82) is 0 Å². The van der Waals surface area contributed by atoms with Crippen LogP contribution in [0.25, 0.3) is 0 Å². The van der Waals surface area contributed by atoms with E-state index in [9.17, 15) is 0 Å². The highest BCUT2D eigenvalue weighted by molar-refractivity contribution is 4.94. The third-order valence-corrected chi connectivity index (χ3v) is 4.21. The molecule has 0 N–H and O–H groups in total. The fraction of sp³-hybridized carbons (Fsp3) is 0.857. The molecule has 0 bridgehead atoms. The maximum absolute atomic E-state index is 5.91. The molecule has 1 saturated heterocycles. The van der Waals surface area contributed by atoms with Crippen molar-refractivity contribution in [3.63, 3.8) is 0 Å². The van der Waals surface area contributed by atoms with E-state index in [2.05, 4.69) is 27.2 Å². The first-order chi connectivity index (χ1) is 9.70. The van der Waals surface area contributed by atoms with Gasteiger partial charge in [0.2, 0.25) is 0 Å². The second-order valence-electron chi connectivity index (χ2n) is 6.24. The zero-order valence-corrected chi connectivity index (χ0v) is 12.5. The first-order valence-electron chi connectivity index (χ1n) is 7.57. The lowest BCUT2D eigenvalue weighted by Gasteiger charge is -2.34. The van der Waals surface area contributed by atoms with Crippen molar-refractivity contribution >= 4 is 0 Å². The molecular weight excluding hydrogens is 254 g/mol. The SMILES string of the molecule is CN1CCOC(CN(Cc2cnnn2C)CC2CC2)C1. The third-order valence-electron chi connectivity index (χ3n) is 4.21. The van der Waals surface area contributed by atoms with E-state index in [4.69, 9.17) is 4.74 Å². The van der Waals surface area contributed by atoms with Gasteiger partial charge in [0, 0.05) is 39.8 Å². The average Bonchev–Trinajstić information content (AvgIpc) is 3.13. The van der Waals surface area contributed by atoms with E-state index in [0.29, 0.717) is 6.10 Å². The summed E-state index contributed by atoms with van der Waals surface area (Å²) in [6, 6.07) is 0. The van der Waals surface area contributed by atoms with Gasteiger partial charge in [-0.05, 0) is 25.8 Å². The number of hydrogen-bond acceptors (Lipinski definition) is 5. The number of aromatic nitrogens is 3. The smallest absolute Gasteiger partial charge is 0.0829 e. The molecule has 2 fully saturated rings. The Kier molecular flexibility index (Phi) is 4.33. The number of rotatable bonds is 6. The fourth-order valence-corrected chi connectivity index (χ4v) is 2.82. The highest BCUT2D eigenvalue weighted by Crippen LogP contribution is 2.30. The Balaban J connectivity index is 1.58. The molecule has 1 aromatic rings. The van der Waals surface area contributed by atoms with Crippen LogP contribution in [0.2, 0.25) is 0 Å². The topological polar surface area (TPSA) is 46.4 Å². The lowest BCUT2D eigenvalue weighted by molar-refractivity contribution is -0.0375. The van der Waals surface area contributed by atoms with Gasteiger partial charge in [-0.2, -0.15) is 0 Å². The van der Waals surface area contributed by atoms with Crippen molar-refractivity contribution < 1.29 is 4.74 Å². The molecule has 1 saturated carbocycles. The van der Waals surface area contributed by atoms with E-state index >= 15 is 0 Å². The normalized spacial score (nSPS) is 24.4. The summed E-state index contributed by atoms with van der Waals surface area (Å²) in [6.45, 7) is 6.03. The summed E-state index contributed by atoms with van der Waals surface area (Å²) in [5, 5.41) is 8.00. The van der Waals surface area contributed by atoms with Gasteiger partial charge in [-0.3, -0.25) is 9.58 Å². The second kappa shape index (κ2) is 6.20. The van der Waals surface area contributed by atoms with Gasteiger partial charge in [0.15, 0.2) is 0 Å². The Morgan fingerprint density at radius 1 is 1.35 bits per heavy atom. The quantitative estimate of drug-likeness (QED) is 0.752. The maximum atomic E-state index is 5.91. The first-order valence-corrected chi connectivity index (χ1v) is 7.57. The average molecular weight is 279 g/mol. The maximum Gasteiger partial charge on any atom is 0.0829 e. The lowest BCUT2D eigenvalue weighted by atomic mass is 10.2. The van der Waals surface area contributed by atoms with Gasteiger partial charge >= 0.3 is 0 Å². The van der Waals surface area contributed by atoms with Crippen LogP contribution in [-0.4, -0.2) is 70.7 Å². The van der Waals surface area contributed by atoms with Crippen LogP contribution in [0.3, 0.4) is 0 Å². The predicted octanol–water partition coefficient (Wildman–Crippen LogP) is 0.358. The van der Waals surface area contributed by atoms with Crippen molar-refractivity contribution in [3.05, 3.63) is 11.9 Å². The van der Waals surface area contributed by atoms with Gasteiger partial charge in [-0.25, -0.2) is 0 Å². The summed E-state index contributed by atoms with van der Waals surface area (Å²) in [5.74, 6) is 0.887. The number of nitrogens with zero attached hydrogens (tertiary/aromatic N) is 5. The van der Waals surface area contributed by atoms with E-state index in [-0.39, 0.29) is 0 Å². The number of likely N-dealkylation sites (N-methyl/N-ethyl adjacent to an activating group) is 1. The molecule has 1 aliphatic carbocycles. The monoisotopic (exact) mass is 279 g/mol. The Morgan fingerprint density at radius 3 is 2.85 bits per heavy atom. The molecule has 1 atom stereocenters. The largest absolute Gasteiger partial charge is 0.374 e. The van der Waals surface area contributed by atoms with Gasteiger partial charge in [0.25, 0.3) is 0 Å². The molecule has 0 amide bonds. The Morgan fingerprint density at radius 2 is 2.20 bits per heavy atom. The lowest BCUT2D eigenvalue weighted by Crippen LogP contribution is -2.46. The van der Waals surface area contributed by atoms with Crippen LogP contribution in [-0.2, 0) is 18.3 Å². The number of aryl methyl sites for hydroxylation is 1. The Labute approximate surface area is 120 Å². The summed E-state index contributed by atoms with van der Waals surface area (Å²) >= 11 is 0. The van der Waals surface area contributed by atoms with Crippen LogP contribution in [0.15, 0.2) is 6.20 Å². The summed E-state index contributed by atoms with van der Waals surface area (Å²) in [5.41, 5.74) is 1.18. The molecule has 0 spiro atoms. The molecule has 6 nitrogen and oxygen atoms in total. The summed E-state index contributed by atoms with van der Waals surface area (Å²) in [7, 11) is 4.13. The van der Waals surface area contributed by atoms with Crippen LogP contribution in [0.1, 0.15) is 18.5 Å². The first kappa shape index (κ1) is 14.0. The predicted molar refractivity (Wildman–Crippen MR) is 76.2 cm³/mol. The highest BCUT2D eigenvalue weighted by Gasteiger charge is 2.27. The standard InChI is InChI=1S/C14H25N5O/c1-17-5-6-20-14(10-17)11-19(8-12-3-4-12)9-13-7-15-16-18(13)2/h7,12,14H,3-6,8-11H2,1-2H3. The molecule has 2 heterocycles. The Bertz CT molecular complexity index is 431. The van der Waals surface area contributed by atoms with Crippen LogP contribution < -0.4 is 0 Å². The number of hydrogen-bond donors (Lipinski definition) is 0. The minimum absolute atomic E-state index is 0.327. The molecule has 3 rings (SSSR count). The van der Waals surface area contributed by atoms with E-state index in [1.54, 1.807) is 0 Å². The molecule has 1 aromatic heterocycles. The van der Waals surface area contributed by atoms with Gasteiger partial charge in [0.05, 0.1) is 24.6 Å². The van der Waals surface area contributed by atoms with Crippen LogP contribution in [0.4, 0.5) is 0 Å². The van der Waals surface area contributed by atoms with Crippen LogP contribution in [0, 0.1) is 5.92 Å². The van der Waals surface area contributed by atoms with E-state index in [1.807, 2.05) is 17.9 Å². The molecule has 2 aliphatic rings. The van der Waals surface area contributed by atoms with Crippen molar-refractivity contribution in [1.82, 2.24) is 24.8 Å². The molecule has 1 aliphatic heterocycles. The van der Waals surface area contributed by atoms with Gasteiger partial charge < -0.3 is 9.64 Å². The summed E-state index contributed by atoms with van der Waals surface area (Å²) < 4.78 is 7.78. The molecule has 112 valence electrons. The van der Waals surface area contributed by atoms with Crippen molar-refractivity contribution in [3.8, 4) is 0 Å².